The molecule has 0 radical (unpaired) electrons. The summed E-state index contributed by atoms with van der Waals surface area (Å²) in [6.07, 6.45) is 8.07. The minimum Gasteiger partial charge on any atom is -0.306 e. The van der Waals surface area contributed by atoms with Gasteiger partial charge >= 0.3 is 0 Å². The number of Topliss-reactive ketones (excluding diaryl/α,β-unsaturated/α-hetero) is 1. The third-order valence-electron chi connectivity index (χ3n) is 2.74. The maximum Gasteiger partial charge on any atom is 0.132 e. The van der Waals surface area contributed by atoms with Crippen LogP contribution >= 0.6 is 0 Å². The van der Waals surface area contributed by atoms with E-state index in [0.29, 0.717) is 5.78 Å². The molecule has 0 aromatic carbocycles. The van der Waals surface area contributed by atoms with Crippen LogP contribution in [-0.2, 0) is 4.79 Å². The SMILES string of the molecule is CN1CCCC1.O=C1CCCCC1. The quantitative estimate of drug-likeness (QED) is 0.574. The molecule has 1 aliphatic carbocycles. The van der Waals surface area contributed by atoms with E-state index in [9.17, 15) is 4.79 Å². The first-order chi connectivity index (χ1) is 6.29. The zero-order valence-electron chi connectivity index (χ0n) is 8.72. The predicted octanol–water partition coefficient (Wildman–Crippen LogP) is 2.23. The van der Waals surface area contributed by atoms with E-state index in [4.69, 9.17) is 0 Å². The summed E-state index contributed by atoms with van der Waals surface area (Å²) in [6, 6.07) is 0. The number of carbonyl (C=O) groups is 1. The molecule has 0 amide bonds. The number of rotatable bonds is 0. The lowest BCUT2D eigenvalue weighted by molar-refractivity contribution is -0.120. The van der Waals surface area contributed by atoms with E-state index in [1.54, 1.807) is 0 Å². The van der Waals surface area contributed by atoms with Crippen LogP contribution in [0, 0.1) is 0 Å². The Morgan fingerprint density at radius 2 is 1.46 bits per heavy atom. The first-order valence-electron chi connectivity index (χ1n) is 5.49. The average Bonchev–Trinajstić information content (AvgIpc) is 2.58. The summed E-state index contributed by atoms with van der Waals surface area (Å²) in [7, 11) is 2.17. The van der Waals surface area contributed by atoms with Gasteiger partial charge in [0.15, 0.2) is 0 Å². The van der Waals surface area contributed by atoms with Gasteiger partial charge < -0.3 is 4.90 Å². The average molecular weight is 183 g/mol. The topological polar surface area (TPSA) is 20.3 Å². The van der Waals surface area contributed by atoms with Crippen molar-refractivity contribution in [3.63, 3.8) is 0 Å². The first kappa shape index (κ1) is 10.7. The zero-order chi connectivity index (χ0) is 9.52. The Morgan fingerprint density at radius 3 is 1.69 bits per heavy atom. The van der Waals surface area contributed by atoms with Crippen LogP contribution in [0.15, 0.2) is 0 Å². The molecule has 76 valence electrons. The van der Waals surface area contributed by atoms with E-state index < -0.39 is 0 Å². The van der Waals surface area contributed by atoms with Crippen molar-refractivity contribution in [2.24, 2.45) is 0 Å². The lowest BCUT2D eigenvalue weighted by atomic mass is 10.00. The minimum absolute atomic E-state index is 0.464. The highest BCUT2D eigenvalue weighted by Crippen LogP contribution is 2.12. The van der Waals surface area contributed by atoms with Gasteiger partial charge in [0.05, 0.1) is 0 Å². The van der Waals surface area contributed by atoms with Crippen molar-refractivity contribution in [3.8, 4) is 0 Å². The molecule has 0 aromatic heterocycles. The Bertz CT molecular complexity index is 142. The summed E-state index contributed by atoms with van der Waals surface area (Å²) in [6.45, 7) is 2.64. The summed E-state index contributed by atoms with van der Waals surface area (Å²) >= 11 is 0. The van der Waals surface area contributed by atoms with E-state index in [2.05, 4.69) is 11.9 Å². The normalized spacial score (nSPS) is 23.9. The van der Waals surface area contributed by atoms with Gasteiger partial charge in [-0.2, -0.15) is 0 Å². The molecule has 0 atom stereocenters. The van der Waals surface area contributed by atoms with Crippen LogP contribution < -0.4 is 0 Å². The highest BCUT2D eigenvalue weighted by molar-refractivity contribution is 5.78. The lowest BCUT2D eigenvalue weighted by Crippen LogP contribution is -2.10. The molecule has 0 bridgehead atoms. The van der Waals surface area contributed by atoms with E-state index in [1.807, 2.05) is 0 Å². The Balaban J connectivity index is 0.000000132. The van der Waals surface area contributed by atoms with Gasteiger partial charge in [-0.25, -0.2) is 0 Å². The summed E-state index contributed by atoms with van der Waals surface area (Å²) in [4.78, 5) is 12.8. The number of hydrogen-bond donors (Lipinski definition) is 0. The predicted molar refractivity (Wildman–Crippen MR) is 54.8 cm³/mol. The molecule has 1 saturated heterocycles. The first-order valence-corrected chi connectivity index (χ1v) is 5.49. The number of likely N-dealkylation sites (tertiary alicyclic amines) is 1. The van der Waals surface area contributed by atoms with Gasteiger partial charge in [0.25, 0.3) is 0 Å². The molecule has 1 aliphatic heterocycles. The Kier molecular flexibility index (Phi) is 5.06. The Hall–Kier alpha value is -0.370. The molecule has 2 nitrogen and oxygen atoms in total. The second-order valence-electron chi connectivity index (χ2n) is 4.11. The number of nitrogens with zero attached hydrogens (tertiary/aromatic N) is 1. The molecule has 2 heteroatoms. The van der Waals surface area contributed by atoms with E-state index >= 15 is 0 Å². The Morgan fingerprint density at radius 1 is 0.923 bits per heavy atom. The molecule has 13 heavy (non-hydrogen) atoms. The largest absolute Gasteiger partial charge is 0.306 e. The molecule has 1 heterocycles. The van der Waals surface area contributed by atoms with E-state index in [1.165, 1.54) is 32.4 Å². The van der Waals surface area contributed by atoms with Crippen molar-refractivity contribution in [2.45, 2.75) is 44.9 Å². The van der Waals surface area contributed by atoms with Crippen molar-refractivity contribution >= 4 is 5.78 Å². The number of hydrogen-bond acceptors (Lipinski definition) is 2. The molecule has 0 spiro atoms. The van der Waals surface area contributed by atoms with Crippen LogP contribution in [0.3, 0.4) is 0 Å². The van der Waals surface area contributed by atoms with Crippen LogP contribution in [-0.4, -0.2) is 30.8 Å². The van der Waals surface area contributed by atoms with E-state index in [0.717, 1.165) is 25.7 Å². The second-order valence-corrected chi connectivity index (χ2v) is 4.11. The third kappa shape index (κ3) is 5.04. The van der Waals surface area contributed by atoms with Crippen LogP contribution in [0.2, 0.25) is 0 Å². The fraction of sp³-hybridized carbons (Fsp3) is 0.909. The highest BCUT2D eigenvalue weighted by atomic mass is 16.1. The maximum absolute atomic E-state index is 10.5. The van der Waals surface area contributed by atoms with Gasteiger partial charge in [-0.05, 0) is 45.8 Å². The Labute approximate surface area is 81.3 Å². The molecule has 2 rings (SSSR count). The molecule has 0 N–H and O–H groups in total. The number of carbonyl (C=O) groups excluding carboxylic acids is 1. The highest BCUT2D eigenvalue weighted by Gasteiger charge is 2.06. The molecule has 0 unspecified atom stereocenters. The van der Waals surface area contributed by atoms with Gasteiger partial charge in [0.1, 0.15) is 5.78 Å². The molecule has 2 aliphatic rings. The van der Waals surface area contributed by atoms with Gasteiger partial charge in [-0.1, -0.05) is 6.42 Å². The van der Waals surface area contributed by atoms with Gasteiger partial charge in [-0.3, -0.25) is 4.79 Å². The fourth-order valence-electron chi connectivity index (χ4n) is 1.82. The van der Waals surface area contributed by atoms with Crippen molar-refractivity contribution in [3.05, 3.63) is 0 Å². The molecular weight excluding hydrogens is 162 g/mol. The van der Waals surface area contributed by atoms with Gasteiger partial charge in [-0.15, -0.1) is 0 Å². The minimum atomic E-state index is 0.464. The molecule has 0 aromatic rings. The zero-order valence-corrected chi connectivity index (χ0v) is 8.72. The van der Waals surface area contributed by atoms with Crippen LogP contribution in [0.25, 0.3) is 0 Å². The fourth-order valence-corrected chi connectivity index (χ4v) is 1.82. The second kappa shape index (κ2) is 6.14. The molecular formula is C11H21NO. The summed E-state index contributed by atoms with van der Waals surface area (Å²) in [5.74, 6) is 0.464. The smallest absolute Gasteiger partial charge is 0.132 e. The summed E-state index contributed by atoms with van der Waals surface area (Å²) in [5, 5.41) is 0. The van der Waals surface area contributed by atoms with Crippen molar-refractivity contribution in [2.75, 3.05) is 20.1 Å². The monoisotopic (exact) mass is 183 g/mol. The third-order valence-corrected chi connectivity index (χ3v) is 2.74. The van der Waals surface area contributed by atoms with Crippen molar-refractivity contribution < 1.29 is 4.79 Å². The number of ketones is 1. The standard InChI is InChI=1S/C6H10O.C5H11N/c7-6-4-2-1-3-5-6;1-6-4-2-3-5-6/h1-5H2;2-5H2,1H3. The maximum atomic E-state index is 10.5. The van der Waals surface area contributed by atoms with Gasteiger partial charge in [0.2, 0.25) is 0 Å². The summed E-state index contributed by atoms with van der Waals surface area (Å²) < 4.78 is 0. The molecule has 2 fully saturated rings. The summed E-state index contributed by atoms with van der Waals surface area (Å²) in [5.41, 5.74) is 0. The van der Waals surface area contributed by atoms with Crippen LogP contribution in [0.1, 0.15) is 44.9 Å². The van der Waals surface area contributed by atoms with Crippen molar-refractivity contribution in [1.29, 1.82) is 0 Å². The van der Waals surface area contributed by atoms with Gasteiger partial charge in [0, 0.05) is 12.8 Å². The van der Waals surface area contributed by atoms with Crippen molar-refractivity contribution in [1.82, 2.24) is 4.90 Å². The lowest BCUT2D eigenvalue weighted by Gasteiger charge is -2.05. The van der Waals surface area contributed by atoms with E-state index in [-0.39, 0.29) is 0 Å². The van der Waals surface area contributed by atoms with Crippen LogP contribution in [0.5, 0.6) is 0 Å². The van der Waals surface area contributed by atoms with Crippen LogP contribution in [0.4, 0.5) is 0 Å². The molecule has 1 saturated carbocycles.